The molecule has 0 fully saturated rings. The second-order valence-corrected chi connectivity index (χ2v) is 5.11. The highest BCUT2D eigenvalue weighted by atomic mass is 16.5. The Bertz CT molecular complexity index is 682. The maximum Gasteiger partial charge on any atom is 0.228 e. The molecule has 1 heterocycles. The molecule has 4 heteroatoms. The average molecular weight is 282 g/mol. The summed E-state index contributed by atoms with van der Waals surface area (Å²) >= 11 is 0. The summed E-state index contributed by atoms with van der Waals surface area (Å²) in [6, 6.07) is 14.1. The molecule has 2 N–H and O–H groups in total. The van der Waals surface area contributed by atoms with Crippen LogP contribution in [0.4, 0.5) is 5.69 Å². The minimum absolute atomic E-state index is 0.0298. The molecule has 1 atom stereocenters. The van der Waals surface area contributed by atoms with Crippen LogP contribution in [-0.4, -0.2) is 20.1 Å². The number of ether oxygens (including phenoxy) is 1. The van der Waals surface area contributed by atoms with Crippen molar-refractivity contribution < 1.29 is 9.53 Å². The molecule has 0 radical (unpaired) electrons. The average Bonchev–Trinajstić information content (AvgIpc) is 2.88. The lowest BCUT2D eigenvalue weighted by Gasteiger charge is -2.20. The van der Waals surface area contributed by atoms with Gasteiger partial charge in [0, 0.05) is 11.3 Å². The molecular weight excluding hydrogens is 264 g/mol. The number of para-hydroxylation sites is 1. The van der Waals surface area contributed by atoms with Crippen LogP contribution in [0, 0.1) is 0 Å². The zero-order valence-corrected chi connectivity index (χ0v) is 12.1. The highest BCUT2D eigenvalue weighted by molar-refractivity contribution is 5.99. The van der Waals surface area contributed by atoms with Gasteiger partial charge in [0.25, 0.3) is 0 Å². The molecule has 1 amide bonds. The quantitative estimate of drug-likeness (QED) is 0.906. The van der Waals surface area contributed by atoms with Crippen molar-refractivity contribution in [3.63, 3.8) is 0 Å². The fourth-order valence-electron chi connectivity index (χ4n) is 2.84. The van der Waals surface area contributed by atoms with Gasteiger partial charge in [0.1, 0.15) is 5.75 Å². The Hall–Kier alpha value is -2.33. The highest BCUT2D eigenvalue weighted by Crippen LogP contribution is 2.32. The van der Waals surface area contributed by atoms with Gasteiger partial charge in [-0.25, -0.2) is 0 Å². The Labute approximate surface area is 124 Å². The van der Waals surface area contributed by atoms with E-state index in [9.17, 15) is 4.79 Å². The van der Waals surface area contributed by atoms with Crippen molar-refractivity contribution in [3.8, 4) is 5.75 Å². The normalized spacial score (nSPS) is 14.5. The van der Waals surface area contributed by atoms with Gasteiger partial charge in [0.2, 0.25) is 5.91 Å². The number of methoxy groups -OCH3 is 1. The molecule has 108 valence electrons. The summed E-state index contributed by atoms with van der Waals surface area (Å²) in [7, 11) is 3.60. The fraction of sp³-hybridized carbons (Fsp3) is 0.235. The summed E-state index contributed by atoms with van der Waals surface area (Å²) in [6.45, 7) is 0. The van der Waals surface area contributed by atoms with Gasteiger partial charge in [-0.3, -0.25) is 4.79 Å². The van der Waals surface area contributed by atoms with Gasteiger partial charge < -0.3 is 15.4 Å². The number of hydrogen-bond acceptors (Lipinski definition) is 3. The van der Waals surface area contributed by atoms with E-state index >= 15 is 0 Å². The standard InChI is InChI=1S/C17H18N2O2/c1-18-17(13-5-3-4-6-15(13)21-2)11-7-8-14-12(9-11)10-16(20)19-14/h3-9,17-18H,10H2,1-2H3,(H,19,20). The van der Waals surface area contributed by atoms with Gasteiger partial charge >= 0.3 is 0 Å². The molecule has 3 rings (SSSR count). The van der Waals surface area contributed by atoms with Crippen LogP contribution in [0.5, 0.6) is 5.75 Å². The first-order valence-electron chi connectivity index (χ1n) is 6.96. The summed E-state index contributed by atoms with van der Waals surface area (Å²) in [5, 5.41) is 6.19. The summed E-state index contributed by atoms with van der Waals surface area (Å²) in [5.74, 6) is 0.909. The predicted octanol–water partition coefficient (Wildman–Crippen LogP) is 2.50. The Kier molecular flexibility index (Phi) is 3.62. The zero-order valence-electron chi connectivity index (χ0n) is 12.1. The lowest BCUT2D eigenvalue weighted by molar-refractivity contribution is -0.115. The van der Waals surface area contributed by atoms with E-state index in [1.54, 1.807) is 7.11 Å². The predicted molar refractivity (Wildman–Crippen MR) is 82.7 cm³/mol. The number of fused-ring (bicyclic) bond motifs is 1. The number of carbonyl (C=O) groups excluding carboxylic acids is 1. The number of anilines is 1. The molecule has 1 aliphatic heterocycles. The molecule has 2 aromatic carbocycles. The molecule has 1 aliphatic rings. The Morgan fingerprint density at radius 1 is 1.24 bits per heavy atom. The first-order chi connectivity index (χ1) is 10.2. The van der Waals surface area contributed by atoms with Crippen LogP contribution in [0.2, 0.25) is 0 Å². The van der Waals surface area contributed by atoms with Gasteiger partial charge in [-0.05, 0) is 30.3 Å². The van der Waals surface area contributed by atoms with E-state index in [4.69, 9.17) is 4.74 Å². The summed E-state index contributed by atoms with van der Waals surface area (Å²) in [4.78, 5) is 11.5. The number of rotatable bonds is 4. The second kappa shape index (κ2) is 5.58. The number of hydrogen-bond donors (Lipinski definition) is 2. The van der Waals surface area contributed by atoms with Crippen LogP contribution in [0.3, 0.4) is 0 Å². The van der Waals surface area contributed by atoms with Crippen LogP contribution in [0.1, 0.15) is 22.7 Å². The van der Waals surface area contributed by atoms with Crippen LogP contribution in [0.25, 0.3) is 0 Å². The van der Waals surface area contributed by atoms with Crippen molar-refractivity contribution >= 4 is 11.6 Å². The Morgan fingerprint density at radius 2 is 2.05 bits per heavy atom. The molecule has 0 aromatic heterocycles. The van der Waals surface area contributed by atoms with Crippen LogP contribution < -0.4 is 15.4 Å². The third-order valence-electron chi connectivity index (χ3n) is 3.83. The number of nitrogens with one attached hydrogen (secondary N) is 2. The molecular formula is C17H18N2O2. The van der Waals surface area contributed by atoms with E-state index in [0.29, 0.717) is 6.42 Å². The molecule has 2 aromatic rings. The molecule has 0 spiro atoms. The lowest BCUT2D eigenvalue weighted by atomic mass is 9.96. The molecule has 0 aliphatic carbocycles. The zero-order chi connectivity index (χ0) is 14.8. The van der Waals surface area contributed by atoms with Crippen LogP contribution >= 0.6 is 0 Å². The largest absolute Gasteiger partial charge is 0.496 e. The smallest absolute Gasteiger partial charge is 0.228 e. The van der Waals surface area contributed by atoms with E-state index in [0.717, 1.165) is 28.1 Å². The van der Waals surface area contributed by atoms with Gasteiger partial charge in [-0.2, -0.15) is 0 Å². The summed E-state index contributed by atoms with van der Waals surface area (Å²) in [5.41, 5.74) is 4.17. The van der Waals surface area contributed by atoms with Crippen LogP contribution in [-0.2, 0) is 11.2 Å². The Morgan fingerprint density at radius 3 is 2.81 bits per heavy atom. The van der Waals surface area contributed by atoms with Gasteiger partial charge in [0.05, 0.1) is 19.6 Å². The monoisotopic (exact) mass is 282 g/mol. The van der Waals surface area contributed by atoms with Crippen molar-refractivity contribution in [1.82, 2.24) is 5.32 Å². The van der Waals surface area contributed by atoms with Crippen molar-refractivity contribution in [1.29, 1.82) is 0 Å². The molecule has 4 nitrogen and oxygen atoms in total. The topological polar surface area (TPSA) is 50.4 Å². The number of benzene rings is 2. The molecule has 1 unspecified atom stereocenters. The SMILES string of the molecule is CNC(c1ccc2c(c1)CC(=O)N2)c1ccccc1OC. The third-order valence-corrected chi connectivity index (χ3v) is 3.83. The van der Waals surface area contributed by atoms with E-state index < -0.39 is 0 Å². The van der Waals surface area contributed by atoms with Crippen molar-refractivity contribution in [2.24, 2.45) is 0 Å². The molecule has 0 bridgehead atoms. The number of carbonyl (C=O) groups is 1. The minimum atomic E-state index is 0.0298. The van der Waals surface area contributed by atoms with Crippen LogP contribution in [0.15, 0.2) is 42.5 Å². The van der Waals surface area contributed by atoms with E-state index in [2.05, 4.69) is 22.8 Å². The second-order valence-electron chi connectivity index (χ2n) is 5.11. The summed E-state index contributed by atoms with van der Waals surface area (Å²) < 4.78 is 5.45. The fourth-order valence-corrected chi connectivity index (χ4v) is 2.84. The van der Waals surface area contributed by atoms with Gasteiger partial charge in [-0.1, -0.05) is 30.3 Å². The maximum absolute atomic E-state index is 11.5. The molecule has 21 heavy (non-hydrogen) atoms. The number of amides is 1. The Balaban J connectivity index is 2.01. The van der Waals surface area contributed by atoms with Gasteiger partial charge in [-0.15, -0.1) is 0 Å². The van der Waals surface area contributed by atoms with E-state index in [-0.39, 0.29) is 11.9 Å². The van der Waals surface area contributed by atoms with E-state index in [1.165, 1.54) is 0 Å². The van der Waals surface area contributed by atoms with Gasteiger partial charge in [0.15, 0.2) is 0 Å². The third kappa shape index (κ3) is 2.50. The first kappa shape index (κ1) is 13.6. The summed E-state index contributed by atoms with van der Waals surface area (Å²) in [6.07, 6.45) is 0.450. The lowest BCUT2D eigenvalue weighted by Crippen LogP contribution is -2.18. The minimum Gasteiger partial charge on any atom is -0.496 e. The molecule has 0 saturated heterocycles. The molecule has 0 saturated carbocycles. The van der Waals surface area contributed by atoms with Crippen molar-refractivity contribution in [2.75, 3.05) is 19.5 Å². The van der Waals surface area contributed by atoms with E-state index in [1.807, 2.05) is 37.4 Å². The van der Waals surface area contributed by atoms with Crippen molar-refractivity contribution in [2.45, 2.75) is 12.5 Å². The first-order valence-corrected chi connectivity index (χ1v) is 6.96. The maximum atomic E-state index is 11.5. The van der Waals surface area contributed by atoms with Crippen molar-refractivity contribution in [3.05, 3.63) is 59.2 Å². The highest BCUT2D eigenvalue weighted by Gasteiger charge is 2.21.